The van der Waals surface area contributed by atoms with Gasteiger partial charge in [-0.2, -0.15) is 0 Å². The van der Waals surface area contributed by atoms with Gasteiger partial charge in [-0.1, -0.05) is 36.4 Å². The molecule has 0 radical (unpaired) electrons. The van der Waals surface area contributed by atoms with Crippen LogP contribution in [0.15, 0.2) is 53.5 Å². The summed E-state index contributed by atoms with van der Waals surface area (Å²) in [6, 6.07) is 16.1. The first-order valence-corrected chi connectivity index (χ1v) is 8.49. The lowest BCUT2D eigenvalue weighted by Gasteiger charge is -2.14. The fourth-order valence-corrected chi connectivity index (χ4v) is 2.49. The van der Waals surface area contributed by atoms with E-state index in [4.69, 9.17) is 9.47 Å². The number of aryl methyl sites for hydroxylation is 1. The monoisotopic (exact) mass is 341 g/mol. The maximum absolute atomic E-state index is 5.77. The van der Waals surface area contributed by atoms with Gasteiger partial charge in [0.05, 0.1) is 13.7 Å². The molecule has 0 bridgehead atoms. The summed E-state index contributed by atoms with van der Waals surface area (Å²) in [5, 5.41) is 6.56. The molecule has 0 atom stereocenters. The highest BCUT2D eigenvalue weighted by atomic mass is 16.5. The van der Waals surface area contributed by atoms with E-state index in [0.717, 1.165) is 36.0 Å². The van der Waals surface area contributed by atoms with E-state index in [9.17, 15) is 0 Å². The van der Waals surface area contributed by atoms with Crippen molar-refractivity contribution in [3.05, 3.63) is 59.7 Å². The maximum Gasteiger partial charge on any atom is 0.191 e. The number of benzene rings is 2. The van der Waals surface area contributed by atoms with Gasteiger partial charge in [-0.15, -0.1) is 0 Å². The Kier molecular flexibility index (Phi) is 7.63. The largest absolute Gasteiger partial charge is 0.496 e. The molecular weight excluding hydrogens is 314 g/mol. The second-order valence-electron chi connectivity index (χ2n) is 5.60. The number of nitrogens with one attached hydrogen (secondary N) is 2. The number of ether oxygens (including phenoxy) is 2. The highest BCUT2D eigenvalue weighted by Crippen LogP contribution is 2.17. The molecule has 0 aliphatic rings. The van der Waals surface area contributed by atoms with Crippen LogP contribution in [0.2, 0.25) is 0 Å². The number of guanidine groups is 1. The van der Waals surface area contributed by atoms with E-state index in [1.165, 1.54) is 5.56 Å². The summed E-state index contributed by atoms with van der Waals surface area (Å²) in [5.74, 6) is 2.60. The number of aliphatic imine (C=N–C) groups is 1. The summed E-state index contributed by atoms with van der Waals surface area (Å²) < 4.78 is 11.1. The summed E-state index contributed by atoms with van der Waals surface area (Å²) >= 11 is 0. The lowest BCUT2D eigenvalue weighted by atomic mass is 10.1. The molecule has 2 N–H and O–H groups in total. The fourth-order valence-electron chi connectivity index (χ4n) is 2.49. The van der Waals surface area contributed by atoms with Crippen LogP contribution in [0.5, 0.6) is 11.5 Å². The van der Waals surface area contributed by atoms with Crippen LogP contribution >= 0.6 is 0 Å². The van der Waals surface area contributed by atoms with Crippen LogP contribution < -0.4 is 20.1 Å². The summed E-state index contributed by atoms with van der Waals surface area (Å²) in [7, 11) is 3.46. The molecule has 2 rings (SSSR count). The molecule has 0 heterocycles. The Bertz CT molecular complexity index is 686. The third-order valence-corrected chi connectivity index (χ3v) is 3.85. The minimum absolute atomic E-state index is 0.581. The molecule has 2 aromatic carbocycles. The van der Waals surface area contributed by atoms with Crippen molar-refractivity contribution in [3.63, 3.8) is 0 Å². The van der Waals surface area contributed by atoms with Gasteiger partial charge >= 0.3 is 0 Å². The van der Waals surface area contributed by atoms with Gasteiger partial charge in [0, 0.05) is 13.6 Å². The molecule has 0 spiro atoms. The normalized spacial score (nSPS) is 11.1. The predicted octanol–water partition coefficient (Wildman–Crippen LogP) is 2.79. The Labute approximate surface area is 150 Å². The van der Waals surface area contributed by atoms with E-state index in [1.807, 2.05) is 49.4 Å². The molecule has 0 aliphatic heterocycles. The highest BCUT2D eigenvalue weighted by Gasteiger charge is 2.03. The van der Waals surface area contributed by atoms with E-state index < -0.39 is 0 Å². The maximum atomic E-state index is 5.77. The molecule has 2 aromatic rings. The van der Waals surface area contributed by atoms with E-state index in [0.29, 0.717) is 13.2 Å². The van der Waals surface area contributed by atoms with Gasteiger partial charge in [0.15, 0.2) is 5.96 Å². The van der Waals surface area contributed by atoms with Gasteiger partial charge in [-0.25, -0.2) is 0 Å². The number of rotatable bonds is 8. The van der Waals surface area contributed by atoms with Crippen molar-refractivity contribution in [3.8, 4) is 11.5 Å². The first-order chi connectivity index (χ1) is 12.2. The van der Waals surface area contributed by atoms with Crippen LogP contribution in [-0.4, -0.2) is 39.8 Å². The number of nitrogens with zero attached hydrogens (tertiary/aromatic N) is 1. The standard InChI is InChI=1S/C20H27N3O2/c1-16-8-4-6-10-18(16)25-15-14-23-20(21-2)22-13-12-17-9-5-7-11-19(17)24-3/h4-11H,12-15H2,1-3H3,(H2,21,22,23). The predicted molar refractivity (Wildman–Crippen MR) is 103 cm³/mol. The quantitative estimate of drug-likeness (QED) is 0.440. The van der Waals surface area contributed by atoms with Crippen LogP contribution in [0.4, 0.5) is 0 Å². The molecule has 0 unspecified atom stereocenters. The smallest absolute Gasteiger partial charge is 0.191 e. The van der Waals surface area contributed by atoms with Gasteiger partial charge in [0.2, 0.25) is 0 Å². The first kappa shape index (κ1) is 18.6. The van der Waals surface area contributed by atoms with Crippen LogP contribution in [0.25, 0.3) is 0 Å². The Morgan fingerprint density at radius 2 is 1.64 bits per heavy atom. The molecule has 25 heavy (non-hydrogen) atoms. The summed E-state index contributed by atoms with van der Waals surface area (Å²) in [6.07, 6.45) is 0.865. The second-order valence-corrected chi connectivity index (χ2v) is 5.60. The summed E-state index contributed by atoms with van der Waals surface area (Å²) in [6.45, 7) is 4.08. The average Bonchev–Trinajstić information content (AvgIpc) is 2.65. The van der Waals surface area contributed by atoms with Crippen molar-refractivity contribution in [2.24, 2.45) is 4.99 Å². The Hall–Kier alpha value is -2.69. The van der Waals surface area contributed by atoms with Gasteiger partial charge in [-0.3, -0.25) is 4.99 Å². The van der Waals surface area contributed by atoms with E-state index in [2.05, 4.69) is 21.7 Å². The van der Waals surface area contributed by atoms with Crippen molar-refractivity contribution in [1.82, 2.24) is 10.6 Å². The lowest BCUT2D eigenvalue weighted by Crippen LogP contribution is -2.40. The zero-order valence-electron chi connectivity index (χ0n) is 15.2. The molecule has 0 fully saturated rings. The van der Waals surface area contributed by atoms with E-state index in [1.54, 1.807) is 14.2 Å². The number of para-hydroxylation sites is 2. The van der Waals surface area contributed by atoms with Crippen molar-refractivity contribution in [1.29, 1.82) is 0 Å². The van der Waals surface area contributed by atoms with Crippen molar-refractivity contribution in [2.75, 3.05) is 33.9 Å². The molecule has 0 aromatic heterocycles. The van der Waals surface area contributed by atoms with Crippen molar-refractivity contribution < 1.29 is 9.47 Å². The number of methoxy groups -OCH3 is 1. The molecule has 0 saturated heterocycles. The fraction of sp³-hybridized carbons (Fsp3) is 0.350. The third kappa shape index (κ3) is 6.03. The zero-order chi connectivity index (χ0) is 17.9. The summed E-state index contributed by atoms with van der Waals surface area (Å²) in [4.78, 5) is 4.23. The summed E-state index contributed by atoms with van der Waals surface area (Å²) in [5.41, 5.74) is 2.32. The second kappa shape index (κ2) is 10.2. The topological polar surface area (TPSA) is 54.9 Å². The molecular formula is C20H27N3O2. The van der Waals surface area contributed by atoms with Gasteiger partial charge in [0.25, 0.3) is 0 Å². The number of hydrogen-bond acceptors (Lipinski definition) is 3. The number of hydrogen-bond donors (Lipinski definition) is 2. The lowest BCUT2D eigenvalue weighted by molar-refractivity contribution is 0.320. The van der Waals surface area contributed by atoms with E-state index >= 15 is 0 Å². The minimum Gasteiger partial charge on any atom is -0.496 e. The SMILES string of the molecule is CN=C(NCCOc1ccccc1C)NCCc1ccccc1OC. The highest BCUT2D eigenvalue weighted by molar-refractivity contribution is 5.79. The van der Waals surface area contributed by atoms with Crippen molar-refractivity contribution >= 4 is 5.96 Å². The van der Waals surface area contributed by atoms with Gasteiger partial charge in [-0.05, 0) is 36.6 Å². The molecule has 5 heteroatoms. The van der Waals surface area contributed by atoms with Crippen LogP contribution in [0.1, 0.15) is 11.1 Å². The molecule has 0 aliphatic carbocycles. The van der Waals surface area contributed by atoms with E-state index in [-0.39, 0.29) is 0 Å². The zero-order valence-corrected chi connectivity index (χ0v) is 15.2. The Balaban J connectivity index is 1.69. The van der Waals surface area contributed by atoms with Crippen molar-refractivity contribution in [2.45, 2.75) is 13.3 Å². The average molecular weight is 341 g/mol. The van der Waals surface area contributed by atoms with Crippen LogP contribution in [0, 0.1) is 6.92 Å². The third-order valence-electron chi connectivity index (χ3n) is 3.85. The Morgan fingerprint density at radius 1 is 0.960 bits per heavy atom. The molecule has 0 saturated carbocycles. The first-order valence-electron chi connectivity index (χ1n) is 8.49. The van der Waals surface area contributed by atoms with Gasteiger partial charge < -0.3 is 20.1 Å². The molecule has 134 valence electrons. The van der Waals surface area contributed by atoms with Gasteiger partial charge in [0.1, 0.15) is 18.1 Å². The molecule has 0 amide bonds. The van der Waals surface area contributed by atoms with Crippen LogP contribution in [0.3, 0.4) is 0 Å². The minimum atomic E-state index is 0.581. The Morgan fingerprint density at radius 3 is 2.36 bits per heavy atom. The van der Waals surface area contributed by atoms with Crippen LogP contribution in [-0.2, 0) is 6.42 Å². The molecule has 5 nitrogen and oxygen atoms in total.